The number of piperidine rings is 1. The Balaban J connectivity index is 1.15. The van der Waals surface area contributed by atoms with E-state index >= 15 is 0 Å². The first-order valence-corrected chi connectivity index (χ1v) is 16.7. The van der Waals surface area contributed by atoms with Crippen LogP contribution in [-0.2, 0) is 11.3 Å². The largest absolute Gasteiger partial charge is 0.480 e. The number of rotatable bonds is 10. The Bertz CT molecular complexity index is 1630. The minimum Gasteiger partial charge on any atom is -0.480 e. The van der Waals surface area contributed by atoms with Gasteiger partial charge in [0.05, 0.1) is 5.69 Å². The van der Waals surface area contributed by atoms with Crippen LogP contribution in [0.5, 0.6) is 0 Å². The topological polar surface area (TPSA) is 61.6 Å². The molecule has 0 bridgehead atoms. The van der Waals surface area contributed by atoms with Crippen molar-refractivity contribution in [3.05, 3.63) is 89.9 Å². The molecule has 3 aromatic carbocycles. The van der Waals surface area contributed by atoms with Gasteiger partial charge in [-0.05, 0) is 111 Å². The van der Waals surface area contributed by atoms with Gasteiger partial charge in [-0.1, -0.05) is 62.4 Å². The number of hydrogen-bond acceptors (Lipinski definition) is 4. The van der Waals surface area contributed by atoms with Crippen LogP contribution in [0.4, 0.5) is 4.39 Å². The average Bonchev–Trinajstić information content (AvgIpc) is 3.66. The van der Waals surface area contributed by atoms with E-state index in [1.165, 1.54) is 22.5 Å². The van der Waals surface area contributed by atoms with Crippen molar-refractivity contribution in [3.63, 3.8) is 0 Å². The number of hydrogen-bond donors (Lipinski definition) is 1. The lowest BCUT2D eigenvalue weighted by Gasteiger charge is -2.35. The number of likely N-dealkylation sites (tertiary alicyclic amines) is 1. The Morgan fingerprint density at radius 2 is 1.76 bits per heavy atom. The monoisotopic (exact) mass is 610 g/mol. The van der Waals surface area contributed by atoms with Crippen molar-refractivity contribution in [2.24, 2.45) is 11.8 Å². The number of aromatic nitrogens is 2. The minimum atomic E-state index is -0.768. The standard InChI is InChI=1S/C38H47FN4O2/c1-5-43-36(23-35(40-43)30-14-13-26-9-6-7-10-28(26)19-30)27-15-17-42(18-16-27)24-31-21-33(41(4)37(25(2)3)38(44)45)22-34(31)29-11-8-12-32(39)20-29/h6-14,19-20,23,25,27,31,33-34,37H,5,15-18,21-22,24H2,1-4H3,(H,44,45)/t31?,33?,34?,37-/m1/s1. The second-order valence-corrected chi connectivity index (χ2v) is 13.6. The van der Waals surface area contributed by atoms with E-state index < -0.39 is 12.0 Å². The summed E-state index contributed by atoms with van der Waals surface area (Å²) in [4.78, 5) is 16.8. The van der Waals surface area contributed by atoms with Crippen LogP contribution in [0.15, 0.2) is 72.8 Å². The normalized spacial score (nSPS) is 22.1. The van der Waals surface area contributed by atoms with Crippen molar-refractivity contribution in [1.82, 2.24) is 19.6 Å². The summed E-state index contributed by atoms with van der Waals surface area (Å²) in [6, 6.07) is 24.0. The van der Waals surface area contributed by atoms with E-state index in [1.54, 1.807) is 6.07 Å². The van der Waals surface area contributed by atoms with Gasteiger partial charge in [-0.3, -0.25) is 14.4 Å². The second-order valence-electron chi connectivity index (χ2n) is 13.6. The molecule has 2 fully saturated rings. The number of halogens is 1. The maximum atomic E-state index is 14.3. The molecule has 0 spiro atoms. The molecule has 4 aromatic rings. The number of likely N-dealkylation sites (N-methyl/N-ethyl adjacent to an activating group) is 1. The first-order valence-electron chi connectivity index (χ1n) is 16.7. The number of aliphatic carboxylic acids is 1. The second kappa shape index (κ2) is 13.4. The van der Waals surface area contributed by atoms with Gasteiger partial charge in [0, 0.05) is 36.3 Å². The number of carbonyl (C=O) groups is 1. The zero-order chi connectivity index (χ0) is 31.7. The highest BCUT2D eigenvalue weighted by molar-refractivity contribution is 5.86. The molecule has 1 saturated heterocycles. The van der Waals surface area contributed by atoms with Crippen LogP contribution < -0.4 is 0 Å². The van der Waals surface area contributed by atoms with E-state index in [9.17, 15) is 14.3 Å². The van der Waals surface area contributed by atoms with Crippen LogP contribution in [0.2, 0.25) is 0 Å². The fourth-order valence-electron chi connectivity index (χ4n) is 8.18. The van der Waals surface area contributed by atoms with E-state index in [4.69, 9.17) is 5.10 Å². The summed E-state index contributed by atoms with van der Waals surface area (Å²) in [7, 11) is 1.96. The van der Waals surface area contributed by atoms with Gasteiger partial charge in [0.25, 0.3) is 0 Å². The molecule has 4 atom stereocenters. The Labute approximate surface area is 266 Å². The summed E-state index contributed by atoms with van der Waals surface area (Å²) in [5, 5.41) is 17.5. The molecular formula is C38H47FN4O2. The molecule has 7 heteroatoms. The van der Waals surface area contributed by atoms with Crippen LogP contribution in [0, 0.1) is 17.7 Å². The molecule has 6 rings (SSSR count). The van der Waals surface area contributed by atoms with Gasteiger partial charge in [-0.25, -0.2) is 4.39 Å². The van der Waals surface area contributed by atoms with E-state index in [1.807, 2.05) is 33.0 Å². The van der Waals surface area contributed by atoms with Crippen LogP contribution in [0.3, 0.4) is 0 Å². The minimum absolute atomic E-state index is 0.0107. The molecule has 1 saturated carbocycles. The van der Waals surface area contributed by atoms with Gasteiger partial charge in [-0.2, -0.15) is 5.10 Å². The number of nitrogens with zero attached hydrogens (tertiary/aromatic N) is 4. The highest BCUT2D eigenvalue weighted by Crippen LogP contribution is 2.44. The van der Waals surface area contributed by atoms with Gasteiger partial charge in [-0.15, -0.1) is 0 Å². The summed E-state index contributed by atoms with van der Waals surface area (Å²) >= 11 is 0. The quantitative estimate of drug-likeness (QED) is 0.200. The first kappa shape index (κ1) is 31.4. The molecule has 0 amide bonds. The summed E-state index contributed by atoms with van der Waals surface area (Å²) in [5.41, 5.74) is 4.57. The lowest BCUT2D eigenvalue weighted by atomic mass is 9.87. The number of carboxylic acid groups (broad SMARTS) is 1. The smallest absolute Gasteiger partial charge is 0.321 e. The third-order valence-corrected chi connectivity index (χ3v) is 10.5. The summed E-state index contributed by atoms with van der Waals surface area (Å²) in [5.74, 6) is 0.0559. The fraction of sp³-hybridized carbons (Fsp3) is 0.474. The molecule has 1 aliphatic carbocycles. The fourth-order valence-corrected chi connectivity index (χ4v) is 8.18. The van der Waals surface area contributed by atoms with E-state index in [0.29, 0.717) is 11.8 Å². The van der Waals surface area contributed by atoms with Gasteiger partial charge in [0.15, 0.2) is 0 Å². The van der Waals surface area contributed by atoms with Gasteiger partial charge in [0.2, 0.25) is 0 Å². The highest BCUT2D eigenvalue weighted by Gasteiger charge is 2.42. The van der Waals surface area contributed by atoms with Crippen LogP contribution >= 0.6 is 0 Å². The summed E-state index contributed by atoms with van der Waals surface area (Å²) < 4.78 is 16.5. The number of benzene rings is 3. The van der Waals surface area contributed by atoms with Crippen molar-refractivity contribution >= 4 is 16.7 Å². The molecular weight excluding hydrogens is 563 g/mol. The maximum Gasteiger partial charge on any atom is 0.321 e. The van der Waals surface area contributed by atoms with E-state index in [-0.39, 0.29) is 23.7 Å². The number of fused-ring (bicyclic) bond motifs is 1. The van der Waals surface area contributed by atoms with Gasteiger partial charge < -0.3 is 10.0 Å². The first-order chi connectivity index (χ1) is 21.7. The van der Waals surface area contributed by atoms with E-state index in [0.717, 1.165) is 68.7 Å². The van der Waals surface area contributed by atoms with Crippen molar-refractivity contribution in [3.8, 4) is 11.3 Å². The number of carboxylic acids is 1. The van der Waals surface area contributed by atoms with Crippen LogP contribution in [0.1, 0.15) is 69.5 Å². The SMILES string of the molecule is CCn1nc(-c2ccc3ccccc3c2)cc1C1CCN(CC2CC(N(C)[C@@H](C(=O)O)C(C)C)CC2c2cccc(F)c2)CC1. The molecule has 238 valence electrons. The number of aryl methyl sites for hydroxylation is 1. The molecule has 1 N–H and O–H groups in total. The lowest BCUT2D eigenvalue weighted by molar-refractivity contribution is -0.145. The molecule has 1 aliphatic heterocycles. The van der Waals surface area contributed by atoms with Crippen LogP contribution in [0.25, 0.3) is 22.0 Å². The van der Waals surface area contributed by atoms with Crippen molar-refractivity contribution in [2.75, 3.05) is 26.7 Å². The zero-order valence-corrected chi connectivity index (χ0v) is 27.1. The van der Waals surface area contributed by atoms with Gasteiger partial charge in [0.1, 0.15) is 11.9 Å². The average molecular weight is 611 g/mol. The highest BCUT2D eigenvalue weighted by atomic mass is 19.1. The summed E-state index contributed by atoms with van der Waals surface area (Å²) in [6.45, 7) is 9.96. The van der Waals surface area contributed by atoms with Crippen molar-refractivity contribution in [1.29, 1.82) is 0 Å². The third-order valence-electron chi connectivity index (χ3n) is 10.5. The maximum absolute atomic E-state index is 14.3. The molecule has 0 radical (unpaired) electrons. The van der Waals surface area contributed by atoms with Gasteiger partial charge >= 0.3 is 5.97 Å². The third kappa shape index (κ3) is 6.70. The Kier molecular flexibility index (Phi) is 9.39. The van der Waals surface area contributed by atoms with Crippen LogP contribution in [-0.4, -0.2) is 69.4 Å². The Morgan fingerprint density at radius 1 is 1.00 bits per heavy atom. The predicted octanol–water partition coefficient (Wildman–Crippen LogP) is 7.65. The molecule has 45 heavy (non-hydrogen) atoms. The zero-order valence-electron chi connectivity index (χ0n) is 27.1. The predicted molar refractivity (Wildman–Crippen MR) is 179 cm³/mol. The van der Waals surface area contributed by atoms with Crippen molar-refractivity contribution < 1.29 is 14.3 Å². The Hall–Kier alpha value is -3.55. The molecule has 6 nitrogen and oxygen atoms in total. The Morgan fingerprint density at radius 3 is 2.44 bits per heavy atom. The molecule has 3 unspecified atom stereocenters. The van der Waals surface area contributed by atoms with Crippen molar-refractivity contribution in [2.45, 2.75) is 76.9 Å². The molecule has 2 heterocycles. The lowest BCUT2D eigenvalue weighted by Crippen LogP contribution is -2.47. The molecule has 2 aliphatic rings. The van der Waals surface area contributed by atoms with E-state index in [2.05, 4.69) is 69.9 Å². The summed E-state index contributed by atoms with van der Waals surface area (Å²) in [6.07, 6.45) is 3.94. The molecule has 1 aromatic heterocycles.